The van der Waals surface area contributed by atoms with E-state index in [2.05, 4.69) is 51.7 Å². The molecule has 422 valence electrons. The fourth-order valence-corrected chi connectivity index (χ4v) is 9.30. The molecule has 1 aromatic rings. The Morgan fingerprint density at radius 3 is 2.16 bits per heavy atom. The summed E-state index contributed by atoms with van der Waals surface area (Å²) in [6.45, 7) is 10.2. The molecular weight excluding hydrogens is 1070 g/mol. The number of hydrogen-bond acceptors (Lipinski definition) is 16. The number of aliphatic imine (C=N–C) groups is 1. The van der Waals surface area contributed by atoms with Gasteiger partial charge in [0.15, 0.2) is 12.1 Å². The molecule has 2 aliphatic rings. The van der Waals surface area contributed by atoms with E-state index in [1.807, 2.05) is 0 Å². The molecule has 12 atom stereocenters. The molecule has 28 heteroatoms. The lowest BCUT2D eigenvalue weighted by Crippen LogP contribution is -2.66. The quantitative estimate of drug-likeness (QED) is 0.0252. The molecule has 2 fully saturated rings. The predicted molar refractivity (Wildman–Crippen MR) is 274 cm³/mol. The number of hydrogen-bond donors (Lipinski definition) is 9. The number of likely N-dealkylation sites (N-methyl/N-ethyl adjacent to an activating group) is 1. The van der Waals surface area contributed by atoms with Crippen LogP contribution in [-0.2, 0) is 68.8 Å². The number of cyclic esters (lactones) is 1. The molecule has 0 radical (unpaired) electrons. The van der Waals surface area contributed by atoms with E-state index < -0.39 is 143 Å². The third-order valence-corrected chi connectivity index (χ3v) is 14.3. The van der Waals surface area contributed by atoms with Gasteiger partial charge in [-0.3, -0.25) is 43.1 Å². The number of methoxy groups -OCH3 is 2. The number of esters is 1. The Kier molecular flexibility index (Phi) is 24.6. The number of piperidine rings is 1. The third kappa shape index (κ3) is 18.0. The number of rotatable bonds is 20. The summed E-state index contributed by atoms with van der Waals surface area (Å²) in [7, 11) is -1.13. The van der Waals surface area contributed by atoms with E-state index in [0.717, 1.165) is 16.9 Å². The Morgan fingerprint density at radius 2 is 1.60 bits per heavy atom. The lowest BCUT2D eigenvalue weighted by molar-refractivity contribution is -0.168. The largest absolute Gasteiger partial charge is 0.496 e. The van der Waals surface area contributed by atoms with E-state index in [1.54, 1.807) is 45.9 Å². The molecule has 2 bridgehead atoms. The number of halogens is 1. The van der Waals surface area contributed by atoms with Crippen molar-refractivity contribution in [2.75, 3.05) is 34.4 Å². The molecule has 0 spiro atoms. The first-order valence-corrected chi connectivity index (χ1v) is 26.8. The number of nitrogens with one attached hydrogen (secondary N) is 5. The maximum atomic E-state index is 15.1. The van der Waals surface area contributed by atoms with Crippen LogP contribution in [0.1, 0.15) is 92.6 Å². The molecular formula is C47H75BrN10O16S. The van der Waals surface area contributed by atoms with Crippen molar-refractivity contribution in [2.45, 2.75) is 154 Å². The van der Waals surface area contributed by atoms with Gasteiger partial charge in [0.05, 0.1) is 11.6 Å². The average molecular weight is 1150 g/mol. The maximum Gasteiger partial charge on any atom is 0.397 e. The minimum absolute atomic E-state index is 0.0162. The van der Waals surface area contributed by atoms with Crippen molar-refractivity contribution in [1.29, 1.82) is 0 Å². The van der Waals surface area contributed by atoms with Gasteiger partial charge in [-0.15, -0.1) is 0 Å². The Bertz CT molecular complexity index is 2340. The zero-order chi connectivity index (χ0) is 56.6. The SMILES string of the molecule is CCC(C)C1NC(=O)C(Cc2ccc(OC)c(Br)c2)N(C)C(=O)C(C(C)CC)N2C(=O)C(CCC2O)NC(=O)C(CCCN=C(N)N)NC(=O)C(NC(=O)C(NC(=O)C(COS(=O)(=O)O)OC)C(C)C)C(C)OC1=O. The number of benzene rings is 1. The summed E-state index contributed by atoms with van der Waals surface area (Å²) >= 11 is 3.47. The van der Waals surface area contributed by atoms with E-state index in [1.165, 1.54) is 34.9 Å². The second-order valence-electron chi connectivity index (χ2n) is 19.0. The Morgan fingerprint density at radius 1 is 0.947 bits per heavy atom. The van der Waals surface area contributed by atoms with Crippen LogP contribution in [0.2, 0.25) is 0 Å². The van der Waals surface area contributed by atoms with Gasteiger partial charge < -0.3 is 67.2 Å². The molecule has 0 aliphatic carbocycles. The summed E-state index contributed by atoms with van der Waals surface area (Å²) in [5.41, 5.74) is 11.6. The van der Waals surface area contributed by atoms with E-state index in [-0.39, 0.29) is 51.0 Å². The Labute approximate surface area is 445 Å². The number of guanidine groups is 1. The third-order valence-electron chi connectivity index (χ3n) is 13.3. The molecule has 2 saturated heterocycles. The second-order valence-corrected chi connectivity index (χ2v) is 21.0. The zero-order valence-electron chi connectivity index (χ0n) is 44.0. The minimum atomic E-state index is -5.01. The summed E-state index contributed by atoms with van der Waals surface area (Å²) in [6, 6.07) is -5.40. The van der Waals surface area contributed by atoms with Gasteiger partial charge in [0.2, 0.25) is 35.4 Å². The number of aliphatic hydroxyl groups excluding tert-OH is 1. The van der Waals surface area contributed by atoms with Gasteiger partial charge in [0, 0.05) is 27.1 Å². The lowest BCUT2D eigenvalue weighted by Gasteiger charge is -2.44. The topological polar surface area (TPSA) is 379 Å². The number of nitrogens with two attached hydrogens (primary N) is 2. The Balaban J connectivity index is 2.29. The van der Waals surface area contributed by atoms with Gasteiger partial charge in [0.25, 0.3) is 5.91 Å². The minimum Gasteiger partial charge on any atom is -0.496 e. The predicted octanol–water partition coefficient (Wildman–Crippen LogP) is -0.858. The van der Waals surface area contributed by atoms with Crippen molar-refractivity contribution >= 4 is 79.6 Å². The summed E-state index contributed by atoms with van der Waals surface area (Å²) in [6.07, 6.45) is -4.59. The molecule has 0 aromatic heterocycles. The molecule has 7 amide bonds. The highest BCUT2D eigenvalue weighted by molar-refractivity contribution is 9.10. The smallest absolute Gasteiger partial charge is 0.397 e. The summed E-state index contributed by atoms with van der Waals surface area (Å²) < 4.78 is 52.8. The van der Waals surface area contributed by atoms with E-state index in [0.29, 0.717) is 22.2 Å². The lowest BCUT2D eigenvalue weighted by atomic mass is 9.91. The highest BCUT2D eigenvalue weighted by Gasteiger charge is 2.47. The summed E-state index contributed by atoms with van der Waals surface area (Å²) in [5.74, 6) is -9.34. The molecule has 12 unspecified atom stereocenters. The molecule has 2 heterocycles. The maximum absolute atomic E-state index is 15.1. The van der Waals surface area contributed by atoms with Crippen LogP contribution >= 0.6 is 15.9 Å². The van der Waals surface area contributed by atoms with E-state index in [4.69, 9.17) is 30.2 Å². The number of carbonyl (C=O) groups excluding carboxylic acids is 8. The zero-order valence-corrected chi connectivity index (χ0v) is 46.4. The highest BCUT2D eigenvalue weighted by Crippen LogP contribution is 2.30. The van der Waals surface area contributed by atoms with Gasteiger partial charge in [-0.05, 0) is 84.0 Å². The molecule has 11 N–H and O–H groups in total. The normalized spacial score (nSPS) is 25.2. The van der Waals surface area contributed by atoms with Crippen molar-refractivity contribution < 1.29 is 74.8 Å². The van der Waals surface area contributed by atoms with Crippen LogP contribution in [0.3, 0.4) is 0 Å². The number of aliphatic hydroxyl groups is 1. The molecule has 2 aliphatic heterocycles. The van der Waals surface area contributed by atoms with Crippen molar-refractivity contribution in [3.63, 3.8) is 0 Å². The van der Waals surface area contributed by atoms with Crippen LogP contribution in [0.4, 0.5) is 0 Å². The van der Waals surface area contributed by atoms with Gasteiger partial charge in [-0.2, -0.15) is 8.42 Å². The second kappa shape index (κ2) is 29.0. The molecule has 26 nitrogen and oxygen atoms in total. The van der Waals surface area contributed by atoms with Crippen molar-refractivity contribution in [2.24, 2.45) is 34.2 Å². The van der Waals surface area contributed by atoms with Gasteiger partial charge in [-0.25, -0.2) is 8.98 Å². The first-order chi connectivity index (χ1) is 35.1. The van der Waals surface area contributed by atoms with E-state index >= 15 is 4.79 Å². The van der Waals surface area contributed by atoms with Gasteiger partial charge >= 0.3 is 16.4 Å². The van der Waals surface area contributed by atoms with Crippen LogP contribution < -0.4 is 42.8 Å². The van der Waals surface area contributed by atoms with Gasteiger partial charge in [-0.1, -0.05) is 60.5 Å². The number of nitrogens with zero attached hydrogens (tertiary/aromatic N) is 3. The first kappa shape index (κ1) is 63.6. The first-order valence-electron chi connectivity index (χ1n) is 24.6. The average Bonchev–Trinajstić information content (AvgIpc) is 3.34. The van der Waals surface area contributed by atoms with Crippen LogP contribution in [0.15, 0.2) is 27.7 Å². The van der Waals surface area contributed by atoms with Gasteiger partial charge in [0.1, 0.15) is 67.0 Å². The summed E-state index contributed by atoms with van der Waals surface area (Å²) in [4.78, 5) is 122. The van der Waals surface area contributed by atoms with Crippen molar-refractivity contribution in [1.82, 2.24) is 36.4 Å². The van der Waals surface area contributed by atoms with Crippen molar-refractivity contribution in [3.05, 3.63) is 28.2 Å². The number of carbonyl (C=O) groups is 8. The number of ether oxygens (including phenoxy) is 3. The van der Waals surface area contributed by atoms with Crippen LogP contribution in [-0.4, -0.2) is 176 Å². The monoisotopic (exact) mass is 1150 g/mol. The van der Waals surface area contributed by atoms with Crippen LogP contribution in [0.25, 0.3) is 0 Å². The summed E-state index contributed by atoms with van der Waals surface area (Å²) in [5, 5.41) is 24.5. The molecule has 3 rings (SSSR count). The highest BCUT2D eigenvalue weighted by atomic mass is 79.9. The fourth-order valence-electron chi connectivity index (χ4n) is 8.42. The Hall–Kier alpha value is -5.68. The van der Waals surface area contributed by atoms with E-state index in [9.17, 15) is 47.1 Å². The fraction of sp³-hybridized carbons (Fsp3) is 0.681. The van der Waals surface area contributed by atoms with Crippen LogP contribution in [0, 0.1) is 17.8 Å². The standard InChI is InChI=1S/C47H75BrN10O16S/c1-11-24(5)36-46(67)74-26(7)37(56-42(63)35(23(3)4)54-41(62)33(72-10)22-73-75(68,69)70)43(64)52-29(14-13-19-51-47(49)50)39(60)53-30-16-18-34(59)58(44(30)65)38(25(6)12-2)45(66)57(8)31(40(61)55-36)21-27-15-17-32(71-9)28(48)20-27/h15,17,20,23-26,29-31,33-38,59H,11-14,16,18-19,21-22H2,1-10H3,(H,52,64)(H,53,60)(H,54,62)(H,55,61)(H,56,63)(H4,49,50,51)(H,68,69,70). The molecule has 1 aromatic carbocycles. The molecule has 0 saturated carbocycles. The van der Waals surface area contributed by atoms with Crippen LogP contribution in [0.5, 0.6) is 5.75 Å². The van der Waals surface area contributed by atoms with Crippen molar-refractivity contribution in [3.8, 4) is 5.75 Å². The number of amides is 7. The number of fused-ring (bicyclic) bond motifs is 2. The molecule has 75 heavy (non-hydrogen) atoms.